The van der Waals surface area contributed by atoms with Crippen molar-refractivity contribution in [3.63, 3.8) is 0 Å². The fourth-order valence-electron chi connectivity index (χ4n) is 4.62. The highest BCUT2D eigenvalue weighted by molar-refractivity contribution is 6.85. The molecule has 0 spiro atoms. The maximum atomic E-state index is 3.68. The summed E-state index contributed by atoms with van der Waals surface area (Å²) in [6, 6.07) is 36.6. The fraction of sp³-hybridized carbons (Fsp3) is 0. The van der Waals surface area contributed by atoms with Crippen LogP contribution in [0.4, 0.5) is 11.4 Å². The first-order valence-corrected chi connectivity index (χ1v) is 10.0. The van der Waals surface area contributed by atoms with Gasteiger partial charge in [0.05, 0.1) is 0 Å². The van der Waals surface area contributed by atoms with Gasteiger partial charge in [0.15, 0.2) is 0 Å². The van der Waals surface area contributed by atoms with Crippen molar-refractivity contribution in [1.29, 1.82) is 0 Å². The van der Waals surface area contributed by atoms with Crippen LogP contribution in [0.25, 0.3) is 32.7 Å². The third-order valence-electron chi connectivity index (χ3n) is 5.85. The molecule has 3 heteroatoms. The van der Waals surface area contributed by atoms with Crippen molar-refractivity contribution >= 4 is 45.4 Å². The summed E-state index contributed by atoms with van der Waals surface area (Å²) in [6.45, 7) is 0.0343. The van der Waals surface area contributed by atoms with Crippen LogP contribution in [-0.4, -0.2) is 6.98 Å². The summed E-state index contributed by atoms with van der Waals surface area (Å²) in [4.78, 5) is 0. The Morgan fingerprint density at radius 2 is 0.897 bits per heavy atom. The molecule has 0 saturated carbocycles. The summed E-state index contributed by atoms with van der Waals surface area (Å²) in [5.74, 6) is 0. The minimum atomic E-state index is 0.0343. The van der Waals surface area contributed by atoms with E-state index in [2.05, 4.69) is 114 Å². The van der Waals surface area contributed by atoms with Crippen LogP contribution < -0.4 is 15.9 Å². The van der Waals surface area contributed by atoms with Crippen LogP contribution in [0.5, 0.6) is 0 Å². The van der Waals surface area contributed by atoms with E-state index in [1.54, 1.807) is 0 Å². The maximum absolute atomic E-state index is 3.68. The molecule has 0 atom stereocenters. The second-order valence-corrected chi connectivity index (χ2v) is 7.51. The molecule has 1 aliphatic heterocycles. The first-order valence-electron chi connectivity index (χ1n) is 10.0. The number of nitrogens with one attached hydrogen (secondary N) is 2. The minimum Gasteiger partial charge on any atom is -0.404 e. The van der Waals surface area contributed by atoms with Gasteiger partial charge < -0.3 is 10.5 Å². The van der Waals surface area contributed by atoms with Gasteiger partial charge in [-0.25, -0.2) is 0 Å². The second-order valence-electron chi connectivity index (χ2n) is 7.51. The molecule has 0 saturated heterocycles. The van der Waals surface area contributed by atoms with E-state index in [9.17, 15) is 0 Å². The van der Waals surface area contributed by atoms with Crippen molar-refractivity contribution in [3.05, 3.63) is 103 Å². The molecule has 0 radical (unpaired) electrons. The van der Waals surface area contributed by atoms with Gasteiger partial charge in [0.25, 0.3) is 0 Å². The summed E-state index contributed by atoms with van der Waals surface area (Å²) in [6.07, 6.45) is 0. The lowest BCUT2D eigenvalue weighted by molar-refractivity contribution is 1.67. The van der Waals surface area contributed by atoms with Crippen molar-refractivity contribution < 1.29 is 0 Å². The van der Waals surface area contributed by atoms with Crippen LogP contribution >= 0.6 is 0 Å². The lowest BCUT2D eigenvalue weighted by Crippen LogP contribution is -2.43. The number of rotatable bonds is 2. The molecular formula is C26H19BN2. The molecule has 1 heterocycles. The molecule has 1 aliphatic rings. The number of para-hydroxylation sites is 2. The lowest BCUT2D eigenvalue weighted by Gasteiger charge is -2.19. The van der Waals surface area contributed by atoms with Gasteiger partial charge in [0.2, 0.25) is 0 Å². The number of hydrogen-bond acceptors (Lipinski definition) is 2. The molecule has 0 bridgehead atoms. The standard InChI is InChI=1S/C26H19BN2/c1-2-10-18(11-3-1)25-19-12-4-6-14-21(19)26(22-15-7-5-13-20(22)25)27-28-23-16-8-9-17-24(23)29-27/h1-17,28-29H. The molecule has 0 aromatic heterocycles. The SMILES string of the molecule is c1ccc(-c2c3ccccc3c(B3Nc4ccccc4N3)c3ccccc23)cc1. The minimum absolute atomic E-state index is 0.0343. The first-order chi connectivity index (χ1) is 14.4. The van der Waals surface area contributed by atoms with Crippen molar-refractivity contribution in [2.75, 3.05) is 10.5 Å². The Bertz CT molecular complexity index is 1280. The lowest BCUT2D eigenvalue weighted by atomic mass is 9.64. The van der Waals surface area contributed by atoms with Crippen LogP contribution in [-0.2, 0) is 0 Å². The summed E-state index contributed by atoms with van der Waals surface area (Å²) in [7, 11) is 0. The molecule has 0 amide bonds. The van der Waals surface area contributed by atoms with Gasteiger partial charge in [-0.05, 0) is 50.3 Å². The van der Waals surface area contributed by atoms with Gasteiger partial charge in [0.1, 0.15) is 0 Å². The summed E-state index contributed by atoms with van der Waals surface area (Å²) >= 11 is 0. The molecule has 5 aromatic rings. The highest BCUT2D eigenvalue weighted by Gasteiger charge is 2.30. The summed E-state index contributed by atoms with van der Waals surface area (Å²) < 4.78 is 0. The molecule has 0 aliphatic carbocycles. The Morgan fingerprint density at radius 1 is 0.448 bits per heavy atom. The zero-order valence-electron chi connectivity index (χ0n) is 15.9. The van der Waals surface area contributed by atoms with Gasteiger partial charge in [-0.15, -0.1) is 0 Å². The predicted octanol–water partition coefficient (Wildman–Crippen LogP) is 5.89. The molecule has 0 fully saturated rings. The Balaban J connectivity index is 1.69. The number of fused-ring (bicyclic) bond motifs is 3. The topological polar surface area (TPSA) is 24.1 Å². The van der Waals surface area contributed by atoms with Crippen LogP contribution in [0, 0.1) is 0 Å². The Kier molecular flexibility index (Phi) is 3.60. The quantitative estimate of drug-likeness (QED) is 0.299. The highest BCUT2D eigenvalue weighted by atomic mass is 15.0. The zero-order valence-corrected chi connectivity index (χ0v) is 15.9. The predicted molar refractivity (Wildman–Crippen MR) is 126 cm³/mol. The van der Waals surface area contributed by atoms with Gasteiger partial charge in [-0.3, -0.25) is 0 Å². The van der Waals surface area contributed by atoms with Crippen molar-refractivity contribution in [2.24, 2.45) is 0 Å². The maximum Gasteiger partial charge on any atom is 0.407 e. The van der Waals surface area contributed by atoms with Crippen LogP contribution in [0.2, 0.25) is 0 Å². The van der Waals surface area contributed by atoms with E-state index in [4.69, 9.17) is 0 Å². The van der Waals surface area contributed by atoms with Crippen molar-refractivity contribution in [1.82, 2.24) is 0 Å². The van der Waals surface area contributed by atoms with Crippen LogP contribution in [0.3, 0.4) is 0 Å². The van der Waals surface area contributed by atoms with E-state index >= 15 is 0 Å². The molecule has 2 nitrogen and oxygen atoms in total. The van der Waals surface area contributed by atoms with Crippen LogP contribution in [0.1, 0.15) is 0 Å². The highest BCUT2D eigenvalue weighted by Crippen LogP contribution is 2.36. The third kappa shape index (κ3) is 2.51. The normalized spacial score (nSPS) is 12.6. The Morgan fingerprint density at radius 3 is 1.45 bits per heavy atom. The molecular weight excluding hydrogens is 351 g/mol. The molecule has 136 valence electrons. The molecule has 5 aromatic carbocycles. The average Bonchev–Trinajstić information content (AvgIpc) is 3.21. The molecule has 0 unspecified atom stereocenters. The van der Waals surface area contributed by atoms with Gasteiger partial charge >= 0.3 is 6.98 Å². The average molecular weight is 370 g/mol. The number of hydrogen-bond donors (Lipinski definition) is 2. The fourth-order valence-corrected chi connectivity index (χ4v) is 4.62. The summed E-state index contributed by atoms with van der Waals surface area (Å²) in [5, 5.41) is 12.5. The largest absolute Gasteiger partial charge is 0.407 e. The van der Waals surface area contributed by atoms with Crippen molar-refractivity contribution in [3.8, 4) is 11.1 Å². The van der Waals surface area contributed by atoms with Crippen LogP contribution in [0.15, 0.2) is 103 Å². The third-order valence-corrected chi connectivity index (χ3v) is 5.85. The van der Waals surface area contributed by atoms with E-state index in [1.165, 1.54) is 38.1 Å². The molecule has 29 heavy (non-hydrogen) atoms. The monoisotopic (exact) mass is 370 g/mol. The zero-order chi connectivity index (χ0) is 19.2. The number of benzene rings is 5. The summed E-state index contributed by atoms with van der Waals surface area (Å²) in [5.41, 5.74) is 6.15. The van der Waals surface area contributed by atoms with E-state index in [0.29, 0.717) is 0 Å². The Hall–Kier alpha value is -3.72. The van der Waals surface area contributed by atoms with Gasteiger partial charge in [-0.2, -0.15) is 0 Å². The van der Waals surface area contributed by atoms with Crippen molar-refractivity contribution in [2.45, 2.75) is 0 Å². The first kappa shape index (κ1) is 16.3. The molecule has 2 N–H and O–H groups in total. The van der Waals surface area contributed by atoms with Gasteiger partial charge in [0, 0.05) is 11.4 Å². The van der Waals surface area contributed by atoms with Gasteiger partial charge in [-0.1, -0.05) is 91.0 Å². The molecule has 6 rings (SSSR count). The van der Waals surface area contributed by atoms with E-state index in [0.717, 1.165) is 11.4 Å². The van der Waals surface area contributed by atoms with E-state index in [-0.39, 0.29) is 6.98 Å². The van der Waals surface area contributed by atoms with E-state index < -0.39 is 0 Å². The number of anilines is 2. The second kappa shape index (κ2) is 6.42. The van der Waals surface area contributed by atoms with E-state index in [1.807, 2.05) is 0 Å². The Labute approximate surface area is 170 Å². The smallest absolute Gasteiger partial charge is 0.404 e.